The zero-order valence-corrected chi connectivity index (χ0v) is 19.0. The maximum Gasteiger partial charge on any atom is 0.191 e. The summed E-state index contributed by atoms with van der Waals surface area (Å²) in [7, 11) is 1.78. The van der Waals surface area contributed by atoms with Crippen molar-refractivity contribution in [1.29, 1.82) is 0 Å². The van der Waals surface area contributed by atoms with Gasteiger partial charge in [-0.15, -0.1) is 24.0 Å². The SMILES string of the molecule is CCCN1CCC(CNC(=NC)NCC(C)Oc2cccc(F)c2)CC1.I. The Kier molecular flexibility index (Phi) is 11.7. The van der Waals surface area contributed by atoms with Crippen LogP contribution in [0.25, 0.3) is 0 Å². The van der Waals surface area contributed by atoms with Crippen LogP contribution >= 0.6 is 24.0 Å². The Bertz CT molecular complexity index is 565. The van der Waals surface area contributed by atoms with Crippen molar-refractivity contribution in [1.82, 2.24) is 15.5 Å². The molecule has 0 spiro atoms. The summed E-state index contributed by atoms with van der Waals surface area (Å²) in [6.45, 7) is 9.35. The minimum absolute atomic E-state index is 0. The van der Waals surface area contributed by atoms with E-state index in [1.54, 1.807) is 19.2 Å². The summed E-state index contributed by atoms with van der Waals surface area (Å²) in [5.74, 6) is 1.74. The molecule has 0 amide bonds. The first kappa shape index (κ1) is 23.9. The van der Waals surface area contributed by atoms with E-state index in [1.165, 1.54) is 51.0 Å². The van der Waals surface area contributed by atoms with Crippen molar-refractivity contribution in [2.45, 2.75) is 39.2 Å². The van der Waals surface area contributed by atoms with E-state index >= 15 is 0 Å². The summed E-state index contributed by atoms with van der Waals surface area (Å²) in [6, 6.07) is 6.22. The number of benzene rings is 1. The molecule has 5 nitrogen and oxygen atoms in total. The molecule has 1 saturated heterocycles. The lowest BCUT2D eigenvalue weighted by Gasteiger charge is -2.32. The molecule has 1 aromatic carbocycles. The van der Waals surface area contributed by atoms with Crippen LogP contribution in [-0.4, -0.2) is 56.7 Å². The molecule has 0 radical (unpaired) electrons. The fraction of sp³-hybridized carbons (Fsp3) is 0.650. The molecular weight excluding hydrogens is 458 g/mol. The van der Waals surface area contributed by atoms with Crippen molar-refractivity contribution in [3.8, 4) is 5.75 Å². The third-order valence-corrected chi connectivity index (χ3v) is 4.72. The van der Waals surface area contributed by atoms with E-state index in [-0.39, 0.29) is 35.9 Å². The molecule has 154 valence electrons. The molecule has 27 heavy (non-hydrogen) atoms. The van der Waals surface area contributed by atoms with E-state index in [2.05, 4.69) is 27.4 Å². The van der Waals surface area contributed by atoms with Gasteiger partial charge in [0, 0.05) is 19.7 Å². The third kappa shape index (κ3) is 9.10. The van der Waals surface area contributed by atoms with Crippen LogP contribution in [0.3, 0.4) is 0 Å². The lowest BCUT2D eigenvalue weighted by Crippen LogP contribution is -2.45. The van der Waals surface area contributed by atoms with E-state index in [0.717, 1.165) is 12.5 Å². The highest BCUT2D eigenvalue weighted by Crippen LogP contribution is 2.16. The molecule has 2 N–H and O–H groups in total. The zero-order valence-electron chi connectivity index (χ0n) is 16.7. The van der Waals surface area contributed by atoms with Crippen LogP contribution in [0.15, 0.2) is 29.3 Å². The van der Waals surface area contributed by atoms with Crippen molar-refractivity contribution >= 4 is 29.9 Å². The first-order valence-electron chi connectivity index (χ1n) is 9.69. The average molecular weight is 492 g/mol. The van der Waals surface area contributed by atoms with E-state index in [4.69, 9.17) is 4.74 Å². The van der Waals surface area contributed by atoms with Gasteiger partial charge in [0.25, 0.3) is 0 Å². The second-order valence-electron chi connectivity index (χ2n) is 7.00. The molecule has 1 heterocycles. The first-order valence-corrected chi connectivity index (χ1v) is 9.69. The smallest absolute Gasteiger partial charge is 0.191 e. The molecule has 1 fully saturated rings. The molecule has 1 aliphatic heterocycles. The lowest BCUT2D eigenvalue weighted by atomic mass is 9.97. The Morgan fingerprint density at radius 1 is 1.33 bits per heavy atom. The molecule has 2 rings (SSSR count). The summed E-state index contributed by atoms with van der Waals surface area (Å²) in [6.07, 6.45) is 3.62. The van der Waals surface area contributed by atoms with E-state index in [0.29, 0.717) is 18.2 Å². The van der Waals surface area contributed by atoms with Gasteiger partial charge in [0.1, 0.15) is 17.7 Å². The van der Waals surface area contributed by atoms with Gasteiger partial charge >= 0.3 is 0 Å². The van der Waals surface area contributed by atoms with Gasteiger partial charge in [-0.05, 0) is 63.9 Å². The fourth-order valence-corrected chi connectivity index (χ4v) is 3.25. The van der Waals surface area contributed by atoms with Crippen molar-refractivity contribution in [3.05, 3.63) is 30.1 Å². The maximum atomic E-state index is 13.2. The minimum atomic E-state index is -0.287. The van der Waals surface area contributed by atoms with E-state index in [1.807, 2.05) is 6.92 Å². The van der Waals surface area contributed by atoms with Crippen LogP contribution in [0.2, 0.25) is 0 Å². The number of nitrogens with one attached hydrogen (secondary N) is 2. The van der Waals surface area contributed by atoms with Gasteiger partial charge in [-0.1, -0.05) is 13.0 Å². The molecular formula is C20H34FIN4O. The van der Waals surface area contributed by atoms with Crippen molar-refractivity contribution in [3.63, 3.8) is 0 Å². The number of aliphatic imine (C=N–C) groups is 1. The molecule has 0 aromatic heterocycles. The summed E-state index contributed by atoms with van der Waals surface area (Å²) >= 11 is 0. The zero-order chi connectivity index (χ0) is 18.8. The normalized spacial score (nSPS) is 17.1. The van der Waals surface area contributed by atoms with Gasteiger partial charge in [-0.25, -0.2) is 4.39 Å². The Morgan fingerprint density at radius 2 is 2.07 bits per heavy atom. The summed E-state index contributed by atoms with van der Waals surface area (Å²) < 4.78 is 18.9. The summed E-state index contributed by atoms with van der Waals surface area (Å²) in [5, 5.41) is 6.70. The van der Waals surface area contributed by atoms with Crippen molar-refractivity contribution in [2.24, 2.45) is 10.9 Å². The molecule has 7 heteroatoms. The molecule has 0 bridgehead atoms. The van der Waals surface area contributed by atoms with E-state index < -0.39 is 0 Å². The number of ether oxygens (including phenoxy) is 1. The number of hydrogen-bond acceptors (Lipinski definition) is 3. The Morgan fingerprint density at radius 3 is 2.70 bits per heavy atom. The van der Waals surface area contributed by atoms with Gasteiger partial charge in [-0.2, -0.15) is 0 Å². The minimum Gasteiger partial charge on any atom is -0.489 e. The monoisotopic (exact) mass is 492 g/mol. The second kappa shape index (κ2) is 13.1. The van der Waals surface area contributed by atoms with Crippen LogP contribution in [0.5, 0.6) is 5.75 Å². The molecule has 1 aromatic rings. The second-order valence-corrected chi connectivity index (χ2v) is 7.00. The number of piperidine rings is 1. The number of nitrogens with zero attached hydrogens (tertiary/aromatic N) is 2. The Labute approximate surface area is 180 Å². The fourth-order valence-electron chi connectivity index (χ4n) is 3.25. The first-order chi connectivity index (χ1) is 12.6. The highest BCUT2D eigenvalue weighted by molar-refractivity contribution is 14.0. The van der Waals surface area contributed by atoms with Crippen LogP contribution in [-0.2, 0) is 0 Å². The maximum absolute atomic E-state index is 13.2. The standard InChI is InChI=1S/C20H33FN4O.HI/c1-4-10-25-11-8-17(9-12-25)15-24-20(22-3)23-14-16(2)26-19-7-5-6-18(21)13-19;/h5-7,13,16-17H,4,8-12,14-15H2,1-3H3,(H2,22,23,24);1H. The van der Waals surface area contributed by atoms with Gasteiger partial charge < -0.3 is 20.3 Å². The average Bonchev–Trinajstić information content (AvgIpc) is 2.63. The van der Waals surface area contributed by atoms with Gasteiger partial charge in [-0.3, -0.25) is 4.99 Å². The number of likely N-dealkylation sites (tertiary alicyclic amines) is 1. The highest BCUT2D eigenvalue weighted by Gasteiger charge is 2.18. The highest BCUT2D eigenvalue weighted by atomic mass is 127. The van der Waals surface area contributed by atoms with Crippen LogP contribution in [0, 0.1) is 11.7 Å². The Hall–Kier alpha value is -1.09. The molecule has 1 atom stereocenters. The Balaban J connectivity index is 0.00000364. The van der Waals surface area contributed by atoms with Crippen molar-refractivity contribution < 1.29 is 9.13 Å². The predicted octanol–water partition coefficient (Wildman–Crippen LogP) is 3.50. The van der Waals surface area contributed by atoms with Crippen LogP contribution in [0.4, 0.5) is 4.39 Å². The summed E-state index contributed by atoms with van der Waals surface area (Å²) in [5.41, 5.74) is 0. The topological polar surface area (TPSA) is 48.9 Å². The van der Waals surface area contributed by atoms with E-state index in [9.17, 15) is 4.39 Å². The van der Waals surface area contributed by atoms with Gasteiger partial charge in [0.05, 0.1) is 6.54 Å². The number of halogens is 2. The van der Waals surface area contributed by atoms with Crippen LogP contribution < -0.4 is 15.4 Å². The molecule has 1 aliphatic rings. The van der Waals surface area contributed by atoms with Crippen molar-refractivity contribution in [2.75, 3.05) is 39.8 Å². The van der Waals surface area contributed by atoms with Gasteiger partial charge in [0.15, 0.2) is 5.96 Å². The van der Waals surface area contributed by atoms with Crippen LogP contribution in [0.1, 0.15) is 33.1 Å². The summed E-state index contributed by atoms with van der Waals surface area (Å²) in [4.78, 5) is 6.83. The number of guanidine groups is 1. The molecule has 1 unspecified atom stereocenters. The van der Waals surface area contributed by atoms with Gasteiger partial charge in [0.2, 0.25) is 0 Å². The quantitative estimate of drug-likeness (QED) is 0.332. The largest absolute Gasteiger partial charge is 0.489 e. The number of hydrogen-bond donors (Lipinski definition) is 2. The number of rotatable bonds is 8. The lowest BCUT2D eigenvalue weighted by molar-refractivity contribution is 0.185. The predicted molar refractivity (Wildman–Crippen MR) is 121 cm³/mol. The third-order valence-electron chi connectivity index (χ3n) is 4.72. The molecule has 0 saturated carbocycles. The molecule has 0 aliphatic carbocycles.